The Morgan fingerprint density at radius 3 is 2.80 bits per heavy atom. The van der Waals surface area contributed by atoms with Crippen LogP contribution < -0.4 is 14.8 Å². The third kappa shape index (κ3) is 4.06. The van der Waals surface area contributed by atoms with E-state index in [1.165, 1.54) is 24.3 Å². The summed E-state index contributed by atoms with van der Waals surface area (Å²) in [5.41, 5.74) is 0.871. The van der Waals surface area contributed by atoms with E-state index in [0.29, 0.717) is 35.9 Å². The summed E-state index contributed by atoms with van der Waals surface area (Å²) in [6.45, 7) is 0.695. The maximum Gasteiger partial charge on any atom is 0.262 e. The predicted octanol–water partition coefficient (Wildman–Crippen LogP) is 2.31. The van der Waals surface area contributed by atoms with Crippen LogP contribution in [-0.2, 0) is 4.79 Å². The highest BCUT2D eigenvalue weighted by atomic mass is 19.1. The predicted molar refractivity (Wildman–Crippen MR) is 89.4 cm³/mol. The highest BCUT2D eigenvalue weighted by molar-refractivity contribution is 5.99. The molecule has 0 spiro atoms. The molecule has 0 atom stereocenters. The highest BCUT2D eigenvalue weighted by Crippen LogP contribution is 2.26. The zero-order chi connectivity index (χ0) is 17.8. The van der Waals surface area contributed by atoms with Crippen molar-refractivity contribution in [1.29, 1.82) is 0 Å². The topological polar surface area (TPSA) is 67.9 Å². The summed E-state index contributed by atoms with van der Waals surface area (Å²) in [6, 6.07) is 10.3. The second kappa shape index (κ2) is 7.21. The van der Waals surface area contributed by atoms with E-state index in [1.807, 2.05) is 0 Å². The van der Waals surface area contributed by atoms with E-state index in [9.17, 15) is 14.0 Å². The number of ether oxygens (including phenoxy) is 2. The van der Waals surface area contributed by atoms with Gasteiger partial charge in [-0.05, 0) is 42.5 Å². The Hall–Kier alpha value is -3.09. The molecule has 0 fully saturated rings. The molecule has 7 heteroatoms. The number of anilines is 1. The Morgan fingerprint density at radius 1 is 1.28 bits per heavy atom. The maximum absolute atomic E-state index is 12.8. The third-order valence-corrected chi connectivity index (χ3v) is 3.71. The Bertz CT molecular complexity index is 792. The van der Waals surface area contributed by atoms with Gasteiger partial charge in [-0.15, -0.1) is 0 Å². The first-order valence-corrected chi connectivity index (χ1v) is 7.73. The fourth-order valence-corrected chi connectivity index (χ4v) is 2.38. The van der Waals surface area contributed by atoms with Crippen LogP contribution in [0.25, 0.3) is 0 Å². The number of nitrogens with one attached hydrogen (secondary N) is 1. The van der Waals surface area contributed by atoms with Crippen LogP contribution in [0.4, 0.5) is 10.1 Å². The van der Waals surface area contributed by atoms with E-state index in [0.717, 1.165) is 0 Å². The first-order chi connectivity index (χ1) is 12.0. The van der Waals surface area contributed by atoms with Crippen LogP contribution in [0.5, 0.6) is 11.5 Å². The van der Waals surface area contributed by atoms with Crippen LogP contribution in [0.1, 0.15) is 10.4 Å². The van der Waals surface area contributed by atoms with E-state index in [-0.39, 0.29) is 24.2 Å². The number of halogens is 1. The van der Waals surface area contributed by atoms with E-state index < -0.39 is 0 Å². The molecule has 0 aromatic heterocycles. The fourth-order valence-electron chi connectivity index (χ4n) is 2.38. The van der Waals surface area contributed by atoms with Crippen molar-refractivity contribution in [2.75, 3.05) is 32.1 Å². The van der Waals surface area contributed by atoms with Crippen molar-refractivity contribution in [3.8, 4) is 11.5 Å². The molecular weight excluding hydrogens is 327 g/mol. The largest absolute Gasteiger partial charge is 0.491 e. The average molecular weight is 344 g/mol. The van der Waals surface area contributed by atoms with Crippen molar-refractivity contribution in [3.05, 3.63) is 53.8 Å². The fraction of sp³-hybridized carbons (Fsp3) is 0.222. The van der Waals surface area contributed by atoms with Crippen molar-refractivity contribution in [1.82, 2.24) is 4.90 Å². The summed E-state index contributed by atoms with van der Waals surface area (Å²) in [5.74, 6) is -0.0389. The average Bonchev–Trinajstić information content (AvgIpc) is 2.74. The summed E-state index contributed by atoms with van der Waals surface area (Å²) in [5, 5.41) is 2.67. The minimum Gasteiger partial charge on any atom is -0.491 e. The molecule has 2 aromatic carbocycles. The van der Waals surface area contributed by atoms with Crippen molar-refractivity contribution in [2.24, 2.45) is 0 Å². The molecule has 0 saturated carbocycles. The van der Waals surface area contributed by atoms with Crippen LogP contribution in [0.15, 0.2) is 42.5 Å². The number of fused-ring (bicyclic) bond motifs is 1. The van der Waals surface area contributed by atoms with E-state index >= 15 is 0 Å². The van der Waals surface area contributed by atoms with Crippen LogP contribution in [0.2, 0.25) is 0 Å². The molecule has 1 heterocycles. The van der Waals surface area contributed by atoms with Crippen molar-refractivity contribution in [2.45, 2.75) is 0 Å². The summed E-state index contributed by atoms with van der Waals surface area (Å²) < 4.78 is 23.6. The van der Waals surface area contributed by atoms with Crippen LogP contribution in [0.3, 0.4) is 0 Å². The Labute approximate surface area is 144 Å². The zero-order valence-corrected chi connectivity index (χ0v) is 13.6. The normalized spacial score (nSPS) is 13.5. The summed E-state index contributed by atoms with van der Waals surface area (Å²) in [4.78, 5) is 25.9. The minimum absolute atomic E-state index is 0.161. The van der Waals surface area contributed by atoms with Gasteiger partial charge in [-0.3, -0.25) is 9.59 Å². The minimum atomic E-state index is -0.389. The summed E-state index contributed by atoms with van der Waals surface area (Å²) in [7, 11) is 1.70. The monoisotopic (exact) mass is 344 g/mol. The second-order valence-corrected chi connectivity index (χ2v) is 5.58. The molecule has 2 aromatic rings. The van der Waals surface area contributed by atoms with E-state index in [2.05, 4.69) is 5.32 Å². The van der Waals surface area contributed by atoms with Gasteiger partial charge in [0.15, 0.2) is 6.61 Å². The Kier molecular flexibility index (Phi) is 4.83. The highest BCUT2D eigenvalue weighted by Gasteiger charge is 2.21. The summed E-state index contributed by atoms with van der Waals surface area (Å²) >= 11 is 0. The van der Waals surface area contributed by atoms with Gasteiger partial charge in [0.1, 0.15) is 23.9 Å². The van der Waals surface area contributed by atoms with Crippen LogP contribution in [0, 0.1) is 5.82 Å². The molecular formula is C18H17FN2O4. The first kappa shape index (κ1) is 16.8. The van der Waals surface area contributed by atoms with Crippen LogP contribution in [-0.4, -0.2) is 43.5 Å². The SMILES string of the molecule is CN1CCOc2ccc(NC(=O)COc3ccc(F)cc3)cc2C1=O. The number of likely N-dealkylation sites (N-methyl/N-ethyl adjacent to an activating group) is 1. The standard InChI is InChI=1S/C18H17FN2O4/c1-21-8-9-24-16-7-4-13(10-15(16)18(21)23)20-17(22)11-25-14-5-2-12(19)3-6-14/h2-7,10H,8-9,11H2,1H3,(H,20,22). The first-order valence-electron chi connectivity index (χ1n) is 7.73. The molecule has 25 heavy (non-hydrogen) atoms. The molecule has 1 aliphatic rings. The number of carbonyl (C=O) groups excluding carboxylic acids is 2. The lowest BCUT2D eigenvalue weighted by molar-refractivity contribution is -0.118. The molecule has 0 aliphatic carbocycles. The molecule has 1 N–H and O–H groups in total. The van der Waals surface area contributed by atoms with E-state index in [1.54, 1.807) is 30.1 Å². The zero-order valence-electron chi connectivity index (χ0n) is 13.6. The van der Waals surface area contributed by atoms with Gasteiger partial charge >= 0.3 is 0 Å². The number of hydrogen-bond donors (Lipinski definition) is 1. The lowest BCUT2D eigenvalue weighted by Gasteiger charge is -2.13. The number of hydrogen-bond acceptors (Lipinski definition) is 4. The molecule has 0 saturated heterocycles. The summed E-state index contributed by atoms with van der Waals surface area (Å²) in [6.07, 6.45) is 0. The van der Waals surface area contributed by atoms with Gasteiger partial charge in [0.05, 0.1) is 12.1 Å². The van der Waals surface area contributed by atoms with Gasteiger partial charge in [-0.25, -0.2) is 4.39 Å². The lowest BCUT2D eigenvalue weighted by Crippen LogP contribution is -2.28. The number of benzene rings is 2. The quantitative estimate of drug-likeness (QED) is 0.924. The molecule has 0 bridgehead atoms. The van der Waals surface area contributed by atoms with Crippen molar-refractivity contribution >= 4 is 17.5 Å². The molecule has 3 rings (SSSR count). The molecule has 130 valence electrons. The van der Waals surface area contributed by atoms with Crippen molar-refractivity contribution < 1.29 is 23.5 Å². The van der Waals surface area contributed by atoms with Gasteiger partial charge in [-0.1, -0.05) is 0 Å². The third-order valence-electron chi connectivity index (χ3n) is 3.71. The number of carbonyl (C=O) groups is 2. The lowest BCUT2D eigenvalue weighted by atomic mass is 10.1. The Balaban J connectivity index is 1.64. The van der Waals surface area contributed by atoms with E-state index in [4.69, 9.17) is 9.47 Å². The van der Waals surface area contributed by atoms with Gasteiger partial charge < -0.3 is 19.7 Å². The smallest absolute Gasteiger partial charge is 0.262 e. The molecule has 2 amide bonds. The van der Waals surface area contributed by atoms with Crippen LogP contribution >= 0.6 is 0 Å². The van der Waals surface area contributed by atoms with Gasteiger partial charge in [0.25, 0.3) is 11.8 Å². The van der Waals surface area contributed by atoms with Gasteiger partial charge in [0, 0.05) is 12.7 Å². The molecule has 0 unspecified atom stereocenters. The van der Waals surface area contributed by atoms with Crippen molar-refractivity contribution in [3.63, 3.8) is 0 Å². The van der Waals surface area contributed by atoms with Gasteiger partial charge in [-0.2, -0.15) is 0 Å². The van der Waals surface area contributed by atoms with Gasteiger partial charge in [0.2, 0.25) is 0 Å². The second-order valence-electron chi connectivity index (χ2n) is 5.58. The number of amides is 2. The number of nitrogens with zero attached hydrogens (tertiary/aromatic N) is 1. The molecule has 6 nitrogen and oxygen atoms in total. The molecule has 0 radical (unpaired) electrons. The Morgan fingerprint density at radius 2 is 2.04 bits per heavy atom. The molecule has 1 aliphatic heterocycles. The maximum atomic E-state index is 12.8. The number of rotatable bonds is 4.